The van der Waals surface area contributed by atoms with Gasteiger partial charge in [-0.3, -0.25) is 4.90 Å². The van der Waals surface area contributed by atoms with Crippen LogP contribution in [0, 0.1) is 0 Å². The van der Waals surface area contributed by atoms with Gasteiger partial charge in [-0.25, -0.2) is 4.98 Å². The first-order valence-electron chi connectivity index (χ1n) is 12.8. The summed E-state index contributed by atoms with van der Waals surface area (Å²) in [5.74, 6) is 1.08. The van der Waals surface area contributed by atoms with Gasteiger partial charge in [0.1, 0.15) is 5.82 Å². The molecule has 0 radical (unpaired) electrons. The zero-order valence-corrected chi connectivity index (χ0v) is 20.7. The van der Waals surface area contributed by atoms with Gasteiger partial charge < -0.3 is 4.57 Å². The molecule has 0 aliphatic rings. The Morgan fingerprint density at radius 3 is 1.88 bits per heavy atom. The predicted octanol–water partition coefficient (Wildman–Crippen LogP) is 7.82. The monoisotopic (exact) mass is 451 g/mol. The van der Waals surface area contributed by atoms with Crippen LogP contribution in [0.2, 0.25) is 0 Å². The van der Waals surface area contributed by atoms with E-state index < -0.39 is 0 Å². The molecule has 0 saturated heterocycles. The van der Waals surface area contributed by atoms with Gasteiger partial charge in [-0.05, 0) is 24.9 Å². The van der Waals surface area contributed by atoms with Crippen molar-refractivity contribution in [3.63, 3.8) is 0 Å². The molecular weight excluding hydrogens is 414 g/mol. The van der Waals surface area contributed by atoms with Crippen molar-refractivity contribution >= 4 is 0 Å². The fourth-order valence-electron chi connectivity index (χ4n) is 4.49. The maximum Gasteiger partial charge on any atom is 0.140 e. The summed E-state index contributed by atoms with van der Waals surface area (Å²) in [7, 11) is 0. The van der Waals surface area contributed by atoms with E-state index in [9.17, 15) is 0 Å². The van der Waals surface area contributed by atoms with Gasteiger partial charge in [0.25, 0.3) is 0 Å². The van der Waals surface area contributed by atoms with Gasteiger partial charge in [-0.1, -0.05) is 118 Å². The molecule has 1 aromatic heterocycles. The summed E-state index contributed by atoms with van der Waals surface area (Å²) in [6.07, 6.45) is 4.70. The molecule has 4 aromatic rings. The third-order valence-electron chi connectivity index (χ3n) is 6.34. The fraction of sp³-hybridized carbons (Fsp3) is 0.323. The first-order valence-corrected chi connectivity index (χ1v) is 12.8. The zero-order chi connectivity index (χ0) is 23.6. The minimum Gasteiger partial charge on any atom is -0.326 e. The number of benzene rings is 3. The first kappa shape index (κ1) is 24.0. The minimum absolute atomic E-state index is 0.892. The van der Waals surface area contributed by atoms with E-state index in [0.29, 0.717) is 0 Å². The maximum atomic E-state index is 5.28. The summed E-state index contributed by atoms with van der Waals surface area (Å²) in [6.45, 7) is 8.45. The van der Waals surface area contributed by atoms with Crippen LogP contribution in [-0.4, -0.2) is 21.0 Å². The quantitative estimate of drug-likeness (QED) is 0.219. The molecule has 4 rings (SSSR count). The maximum absolute atomic E-state index is 5.28. The van der Waals surface area contributed by atoms with Gasteiger partial charge in [-0.2, -0.15) is 0 Å². The molecule has 0 saturated carbocycles. The molecule has 34 heavy (non-hydrogen) atoms. The number of hydrogen-bond donors (Lipinski definition) is 0. The van der Waals surface area contributed by atoms with E-state index in [2.05, 4.69) is 114 Å². The second kappa shape index (κ2) is 12.3. The lowest BCUT2D eigenvalue weighted by molar-refractivity contribution is 0.246. The van der Waals surface area contributed by atoms with Gasteiger partial charge >= 0.3 is 0 Å². The Morgan fingerprint density at radius 2 is 1.26 bits per heavy atom. The largest absolute Gasteiger partial charge is 0.326 e. The third-order valence-corrected chi connectivity index (χ3v) is 6.34. The Kier molecular flexibility index (Phi) is 8.70. The van der Waals surface area contributed by atoms with E-state index in [-0.39, 0.29) is 0 Å². The lowest BCUT2D eigenvalue weighted by Gasteiger charge is -2.24. The number of nitrogens with zero attached hydrogens (tertiary/aromatic N) is 3. The van der Waals surface area contributed by atoms with Crippen molar-refractivity contribution in [1.82, 2.24) is 14.5 Å². The van der Waals surface area contributed by atoms with E-state index in [1.165, 1.54) is 35.2 Å². The van der Waals surface area contributed by atoms with Crippen LogP contribution < -0.4 is 0 Å². The topological polar surface area (TPSA) is 21.1 Å². The second-order valence-electron chi connectivity index (χ2n) is 9.02. The van der Waals surface area contributed by atoms with Gasteiger partial charge in [0.15, 0.2) is 0 Å². The van der Waals surface area contributed by atoms with Crippen LogP contribution in [-0.2, 0) is 19.6 Å². The van der Waals surface area contributed by atoms with Gasteiger partial charge in [0.05, 0.1) is 11.4 Å². The predicted molar refractivity (Wildman–Crippen MR) is 143 cm³/mol. The van der Waals surface area contributed by atoms with Crippen molar-refractivity contribution < 1.29 is 0 Å². The van der Waals surface area contributed by atoms with E-state index >= 15 is 0 Å². The highest BCUT2D eigenvalue weighted by molar-refractivity contribution is 5.68. The Balaban J connectivity index is 1.79. The lowest BCUT2D eigenvalue weighted by atomic mass is 10.1. The molecule has 3 aromatic carbocycles. The van der Waals surface area contributed by atoms with Crippen molar-refractivity contribution in [2.45, 2.75) is 59.2 Å². The number of aromatic nitrogens is 2. The summed E-state index contributed by atoms with van der Waals surface area (Å²) < 4.78 is 2.49. The van der Waals surface area contributed by atoms with Crippen LogP contribution in [0.4, 0.5) is 0 Å². The van der Waals surface area contributed by atoms with Crippen LogP contribution in [0.3, 0.4) is 0 Å². The summed E-state index contributed by atoms with van der Waals surface area (Å²) in [6, 6.07) is 32.2. The molecular formula is C31H37N3. The van der Waals surface area contributed by atoms with Crippen LogP contribution in [0.15, 0.2) is 91.0 Å². The van der Waals surface area contributed by atoms with Gasteiger partial charge in [0.2, 0.25) is 0 Å². The molecule has 3 nitrogen and oxygen atoms in total. The molecule has 0 aliphatic carbocycles. The zero-order valence-electron chi connectivity index (χ0n) is 20.7. The van der Waals surface area contributed by atoms with E-state index in [1.54, 1.807) is 0 Å². The van der Waals surface area contributed by atoms with Crippen molar-refractivity contribution in [3.8, 4) is 22.6 Å². The minimum atomic E-state index is 0.892. The van der Waals surface area contributed by atoms with Crippen LogP contribution in [0.1, 0.15) is 50.8 Å². The molecule has 0 fully saturated rings. The summed E-state index contributed by atoms with van der Waals surface area (Å²) >= 11 is 0. The molecule has 0 bridgehead atoms. The van der Waals surface area contributed by atoms with Gasteiger partial charge in [0, 0.05) is 30.8 Å². The van der Waals surface area contributed by atoms with Crippen molar-refractivity contribution in [2.75, 3.05) is 6.54 Å². The summed E-state index contributed by atoms with van der Waals surface area (Å²) in [5.41, 5.74) is 6.18. The standard InChI is InChI=1S/C31H37N3/c1-3-5-22-33(24-26-16-10-7-11-17-26)25-29-30(27-18-12-8-13-19-27)32-31(34(29)23-6-4-2)28-20-14-9-15-21-28/h7-21H,3-6,22-25H2,1-2H3. The first-order chi connectivity index (χ1) is 16.8. The van der Waals surface area contributed by atoms with Crippen LogP contribution >= 0.6 is 0 Å². The molecule has 0 aliphatic heterocycles. The Labute approximate surface area is 205 Å². The molecule has 0 atom stereocenters. The highest BCUT2D eigenvalue weighted by atomic mass is 15.2. The van der Waals surface area contributed by atoms with Crippen molar-refractivity contribution in [1.29, 1.82) is 0 Å². The van der Waals surface area contributed by atoms with Crippen molar-refractivity contribution in [3.05, 3.63) is 102 Å². The Bertz CT molecular complexity index is 1120. The smallest absolute Gasteiger partial charge is 0.140 e. The average Bonchev–Trinajstić information content (AvgIpc) is 3.25. The molecule has 0 spiro atoms. The van der Waals surface area contributed by atoms with Gasteiger partial charge in [-0.15, -0.1) is 0 Å². The normalized spacial score (nSPS) is 11.3. The van der Waals surface area contributed by atoms with E-state index in [4.69, 9.17) is 4.98 Å². The highest BCUT2D eigenvalue weighted by Crippen LogP contribution is 2.31. The van der Waals surface area contributed by atoms with Crippen LogP contribution in [0.5, 0.6) is 0 Å². The number of imidazole rings is 1. The Hall–Kier alpha value is -3.17. The molecule has 0 amide bonds. The third kappa shape index (κ3) is 6.03. The second-order valence-corrected chi connectivity index (χ2v) is 9.02. The number of rotatable bonds is 12. The lowest BCUT2D eigenvalue weighted by Crippen LogP contribution is -2.26. The van der Waals surface area contributed by atoms with E-state index in [1.807, 2.05) is 0 Å². The molecule has 1 heterocycles. The fourth-order valence-corrected chi connectivity index (χ4v) is 4.49. The highest BCUT2D eigenvalue weighted by Gasteiger charge is 2.21. The number of hydrogen-bond acceptors (Lipinski definition) is 2. The average molecular weight is 452 g/mol. The SMILES string of the molecule is CCCCN(Cc1ccccc1)Cc1c(-c2ccccc2)nc(-c2ccccc2)n1CCCC. The Morgan fingerprint density at radius 1 is 0.676 bits per heavy atom. The van der Waals surface area contributed by atoms with Crippen molar-refractivity contribution in [2.24, 2.45) is 0 Å². The summed E-state index contributed by atoms with van der Waals surface area (Å²) in [5, 5.41) is 0. The molecule has 3 heteroatoms. The summed E-state index contributed by atoms with van der Waals surface area (Å²) in [4.78, 5) is 7.88. The molecule has 0 N–H and O–H groups in total. The molecule has 0 unspecified atom stereocenters. The van der Waals surface area contributed by atoms with Crippen LogP contribution in [0.25, 0.3) is 22.6 Å². The van der Waals surface area contributed by atoms with E-state index in [0.717, 1.165) is 50.5 Å². The molecule has 176 valence electrons. The number of unbranched alkanes of at least 4 members (excludes halogenated alkanes) is 2.